The number of carbonyl (C=O) groups excluding carboxylic acids is 5. The minimum Gasteiger partial charge on any atom is -0.462 e. The lowest BCUT2D eigenvalue weighted by Gasteiger charge is -2.58. The molecular formula is C59H104N4O9. The van der Waals surface area contributed by atoms with Gasteiger partial charge in [-0.2, -0.15) is 0 Å². The number of nitrogens with zero attached hydrogens (tertiary/aromatic N) is 2. The molecule has 0 radical (unpaired) electrons. The largest absolute Gasteiger partial charge is 0.462 e. The van der Waals surface area contributed by atoms with Gasteiger partial charge in [0.05, 0.1) is 0 Å². The van der Waals surface area contributed by atoms with Crippen LogP contribution >= 0.6 is 0 Å². The number of unbranched alkanes of at least 4 members (excludes halogenated alkanes) is 1. The van der Waals surface area contributed by atoms with Crippen LogP contribution in [-0.4, -0.2) is 102 Å². The number of carbonyl (C=O) groups is 5. The summed E-state index contributed by atoms with van der Waals surface area (Å²) in [6.45, 7) is 33.6. The lowest BCUT2D eigenvalue weighted by molar-refractivity contribution is -0.151. The fourth-order valence-electron chi connectivity index (χ4n) is 13.3. The maximum atomic E-state index is 13.8. The molecule has 414 valence electrons. The number of rotatable bonds is 24. The standard InChI is InChI=1S/C59H104N4O9/c1-16-43(41(2)3)25-24-42(4)47-28-29-48-46-27-26-44-40-45(30-32-58(44,14)49(46)31-33-59(47,48)15)69-51(65)23-19-22-50(64)62(38-20-34-60-52(66)70-55(5,6)7)36-17-18-37-63(54(68)72-57(11,12)13)39-21-35-61-53(67)71-56(8,9)10/h26,41-43,45-49H,16-25,27-40H2,1-15H3,(H,60,66)(H,61,67)/t42?,43?,45-,46-,47+,48-,49-,58-,59+/m0/s1. The predicted molar refractivity (Wildman–Crippen MR) is 287 cm³/mol. The van der Waals surface area contributed by atoms with Crippen LogP contribution in [0.2, 0.25) is 0 Å². The van der Waals surface area contributed by atoms with E-state index in [0.29, 0.717) is 82.7 Å². The SMILES string of the molecule is CCC(CCC(C)[C@H]1CC[C@H]2[C@@H]3CC=C4C[C@@H](OC(=O)CCCC(=O)N(CCCCN(CCCNC(=O)OC(C)(C)C)C(=O)OC(C)(C)C)CCCNC(=O)OC(C)(C)C)CC[C@]4(C)[C@H]3CC[C@]12C)C(C)C. The maximum Gasteiger partial charge on any atom is 0.410 e. The van der Waals surface area contributed by atoms with Crippen molar-refractivity contribution in [1.29, 1.82) is 0 Å². The predicted octanol–water partition coefficient (Wildman–Crippen LogP) is 13.4. The van der Waals surface area contributed by atoms with Gasteiger partial charge in [-0.05, 0) is 198 Å². The summed E-state index contributed by atoms with van der Waals surface area (Å²) in [5, 5.41) is 5.54. The molecule has 0 aromatic rings. The first-order chi connectivity index (χ1) is 33.5. The van der Waals surface area contributed by atoms with Crippen LogP contribution in [0.3, 0.4) is 0 Å². The van der Waals surface area contributed by atoms with E-state index in [1.54, 1.807) is 30.6 Å². The fourth-order valence-corrected chi connectivity index (χ4v) is 13.3. The highest BCUT2D eigenvalue weighted by atomic mass is 16.6. The summed E-state index contributed by atoms with van der Waals surface area (Å²) < 4.78 is 22.6. The molecule has 3 fully saturated rings. The fraction of sp³-hybridized carbons (Fsp3) is 0.881. The normalized spacial score (nSPS) is 25.9. The molecule has 9 atom stereocenters. The molecule has 0 spiro atoms. The molecule has 4 rings (SSSR count). The summed E-state index contributed by atoms with van der Waals surface area (Å²) in [6, 6.07) is 0. The Kier molecular flexibility index (Phi) is 22.7. The van der Waals surface area contributed by atoms with Gasteiger partial charge in [0, 0.05) is 58.5 Å². The Morgan fingerprint density at radius 1 is 0.681 bits per heavy atom. The number of amides is 4. The van der Waals surface area contributed by atoms with E-state index in [1.807, 2.05) is 41.5 Å². The molecule has 0 aromatic carbocycles. The topological polar surface area (TPSA) is 153 Å². The number of nitrogens with one attached hydrogen (secondary N) is 2. The molecule has 2 N–H and O–H groups in total. The van der Waals surface area contributed by atoms with Crippen molar-refractivity contribution in [2.45, 2.75) is 242 Å². The van der Waals surface area contributed by atoms with Crippen LogP contribution < -0.4 is 10.6 Å². The van der Waals surface area contributed by atoms with Crippen molar-refractivity contribution in [3.63, 3.8) is 0 Å². The third-order valence-corrected chi connectivity index (χ3v) is 17.0. The van der Waals surface area contributed by atoms with Crippen molar-refractivity contribution >= 4 is 30.2 Å². The highest BCUT2D eigenvalue weighted by Gasteiger charge is 2.59. The monoisotopic (exact) mass is 1010 g/mol. The van der Waals surface area contributed by atoms with Crippen molar-refractivity contribution in [2.24, 2.45) is 52.3 Å². The van der Waals surface area contributed by atoms with Gasteiger partial charge in [-0.25, -0.2) is 14.4 Å². The molecule has 0 saturated heterocycles. The number of allylic oxidation sites excluding steroid dienone is 1. The van der Waals surface area contributed by atoms with Crippen molar-refractivity contribution < 1.29 is 42.9 Å². The zero-order chi connectivity index (χ0) is 53.7. The molecule has 2 unspecified atom stereocenters. The molecule has 13 nitrogen and oxygen atoms in total. The number of fused-ring (bicyclic) bond motifs is 5. The molecule has 0 heterocycles. The van der Waals surface area contributed by atoms with Crippen molar-refractivity contribution in [1.82, 2.24) is 20.4 Å². The Morgan fingerprint density at radius 2 is 1.25 bits per heavy atom. The third kappa shape index (κ3) is 18.7. The summed E-state index contributed by atoms with van der Waals surface area (Å²) in [5.41, 5.74) is 0.226. The van der Waals surface area contributed by atoms with Crippen LogP contribution in [0.1, 0.15) is 219 Å². The van der Waals surface area contributed by atoms with Gasteiger partial charge in [-0.15, -0.1) is 0 Å². The average Bonchev–Trinajstić information content (AvgIpc) is 3.62. The lowest BCUT2D eigenvalue weighted by atomic mass is 9.47. The number of esters is 1. The minimum atomic E-state index is -0.677. The highest BCUT2D eigenvalue weighted by molar-refractivity contribution is 5.77. The third-order valence-electron chi connectivity index (χ3n) is 17.0. The maximum absolute atomic E-state index is 13.8. The van der Waals surface area contributed by atoms with E-state index in [4.69, 9.17) is 18.9 Å². The Balaban J connectivity index is 1.28. The molecule has 4 aliphatic rings. The molecule has 0 bridgehead atoms. The first-order valence-electron chi connectivity index (χ1n) is 28.6. The number of ether oxygens (including phenoxy) is 4. The average molecular weight is 1010 g/mol. The second kappa shape index (κ2) is 26.8. The van der Waals surface area contributed by atoms with Crippen LogP contribution in [0.15, 0.2) is 11.6 Å². The summed E-state index contributed by atoms with van der Waals surface area (Å²) in [5.74, 6) is 5.20. The Bertz CT molecular complexity index is 1800. The summed E-state index contributed by atoms with van der Waals surface area (Å²) in [4.78, 5) is 68.3. The van der Waals surface area contributed by atoms with Gasteiger partial charge in [-0.3, -0.25) is 9.59 Å². The summed E-state index contributed by atoms with van der Waals surface area (Å²) >= 11 is 0. The van der Waals surface area contributed by atoms with Crippen LogP contribution in [0.5, 0.6) is 0 Å². The van der Waals surface area contributed by atoms with Gasteiger partial charge in [-0.1, -0.05) is 66.0 Å². The Hall–Kier alpha value is -3.51. The Labute approximate surface area is 437 Å². The van der Waals surface area contributed by atoms with Gasteiger partial charge >= 0.3 is 24.2 Å². The first kappa shape index (κ1) is 61.0. The Morgan fingerprint density at radius 3 is 1.82 bits per heavy atom. The number of alkyl carbamates (subject to hydrolysis) is 2. The summed E-state index contributed by atoms with van der Waals surface area (Å²) in [6.07, 6.45) is 17.4. The molecule has 4 aliphatic carbocycles. The quantitative estimate of drug-likeness (QED) is 0.0416. The molecule has 3 saturated carbocycles. The molecule has 13 heteroatoms. The highest BCUT2D eigenvalue weighted by Crippen LogP contribution is 2.67. The number of hydrogen-bond acceptors (Lipinski definition) is 9. The van der Waals surface area contributed by atoms with E-state index in [-0.39, 0.29) is 36.2 Å². The molecular weight excluding hydrogens is 909 g/mol. The number of hydrogen-bond donors (Lipinski definition) is 2. The van der Waals surface area contributed by atoms with Gasteiger partial charge in [0.15, 0.2) is 0 Å². The first-order valence-corrected chi connectivity index (χ1v) is 28.6. The van der Waals surface area contributed by atoms with E-state index < -0.39 is 35.1 Å². The molecule has 0 aromatic heterocycles. The van der Waals surface area contributed by atoms with Crippen molar-refractivity contribution in [3.05, 3.63) is 11.6 Å². The van der Waals surface area contributed by atoms with E-state index in [2.05, 4.69) is 58.3 Å². The van der Waals surface area contributed by atoms with Crippen molar-refractivity contribution in [3.8, 4) is 0 Å². The zero-order valence-electron chi connectivity index (χ0n) is 48.2. The molecule has 0 aliphatic heterocycles. The van der Waals surface area contributed by atoms with Crippen LogP contribution in [0.4, 0.5) is 14.4 Å². The van der Waals surface area contributed by atoms with Crippen LogP contribution in [0, 0.1) is 52.3 Å². The van der Waals surface area contributed by atoms with Gasteiger partial charge in [0.1, 0.15) is 22.9 Å². The van der Waals surface area contributed by atoms with E-state index >= 15 is 0 Å². The van der Waals surface area contributed by atoms with Crippen LogP contribution in [0.25, 0.3) is 0 Å². The molecule has 72 heavy (non-hydrogen) atoms. The van der Waals surface area contributed by atoms with E-state index in [9.17, 15) is 24.0 Å². The summed E-state index contributed by atoms with van der Waals surface area (Å²) in [7, 11) is 0. The van der Waals surface area contributed by atoms with E-state index in [1.165, 1.54) is 50.5 Å². The van der Waals surface area contributed by atoms with Crippen LogP contribution in [-0.2, 0) is 28.5 Å². The minimum absolute atomic E-state index is 0.0597. The zero-order valence-corrected chi connectivity index (χ0v) is 48.2. The van der Waals surface area contributed by atoms with Crippen molar-refractivity contribution in [2.75, 3.05) is 39.3 Å². The van der Waals surface area contributed by atoms with Gasteiger partial charge < -0.3 is 39.4 Å². The van der Waals surface area contributed by atoms with Gasteiger partial charge in [0.2, 0.25) is 5.91 Å². The molecule has 4 amide bonds. The van der Waals surface area contributed by atoms with E-state index in [0.717, 1.165) is 61.2 Å². The second-order valence-corrected chi connectivity index (χ2v) is 26.3. The smallest absolute Gasteiger partial charge is 0.410 e. The second-order valence-electron chi connectivity index (χ2n) is 26.3. The lowest BCUT2D eigenvalue weighted by Crippen LogP contribution is -2.51. The van der Waals surface area contributed by atoms with Gasteiger partial charge in [0.25, 0.3) is 0 Å².